The number of likely N-dealkylation sites (tertiary alicyclic amines) is 1. The summed E-state index contributed by atoms with van der Waals surface area (Å²) in [6.45, 7) is 2.91. The van der Waals surface area contributed by atoms with E-state index in [1.54, 1.807) is 0 Å². The van der Waals surface area contributed by atoms with Gasteiger partial charge < -0.3 is 25.0 Å². The minimum absolute atomic E-state index is 0.00952. The lowest BCUT2D eigenvalue weighted by Gasteiger charge is -2.31. The number of aromatic nitrogens is 3. The van der Waals surface area contributed by atoms with Crippen molar-refractivity contribution >= 4 is 17.4 Å². The van der Waals surface area contributed by atoms with Crippen molar-refractivity contribution in [2.75, 3.05) is 43.5 Å². The first-order valence-electron chi connectivity index (χ1n) is 13.1. The molecule has 1 saturated heterocycles. The molecule has 0 spiro atoms. The topological polar surface area (TPSA) is 104 Å². The summed E-state index contributed by atoms with van der Waals surface area (Å²) in [6, 6.07) is 1.07. The maximum Gasteiger partial charge on any atom is 0.421 e. The first kappa shape index (κ1) is 26.5. The Hall–Kier alpha value is -3.15. The fourth-order valence-electron chi connectivity index (χ4n) is 5.72. The van der Waals surface area contributed by atoms with E-state index in [1.165, 1.54) is 19.6 Å². The third kappa shape index (κ3) is 5.64. The van der Waals surface area contributed by atoms with E-state index in [1.807, 2.05) is 9.80 Å². The number of fused-ring (bicyclic) bond motifs is 1. The van der Waals surface area contributed by atoms with Crippen LogP contribution in [0.2, 0.25) is 0 Å². The van der Waals surface area contributed by atoms with Crippen LogP contribution in [0.3, 0.4) is 0 Å². The van der Waals surface area contributed by atoms with Gasteiger partial charge in [0.2, 0.25) is 11.8 Å². The van der Waals surface area contributed by atoms with E-state index in [-0.39, 0.29) is 23.8 Å². The number of rotatable bonds is 6. The highest BCUT2D eigenvalue weighted by atomic mass is 19.4. The van der Waals surface area contributed by atoms with E-state index in [2.05, 4.69) is 20.3 Å². The van der Waals surface area contributed by atoms with Gasteiger partial charge in [-0.25, -0.2) is 15.0 Å². The quantitative estimate of drug-likeness (QED) is 0.582. The average Bonchev–Trinajstić information content (AvgIpc) is 3.40. The van der Waals surface area contributed by atoms with Gasteiger partial charge in [-0.3, -0.25) is 4.79 Å². The van der Waals surface area contributed by atoms with Crippen LogP contribution in [0.5, 0.6) is 5.88 Å². The summed E-state index contributed by atoms with van der Waals surface area (Å²) in [6.07, 6.45) is 2.39. The normalized spacial score (nSPS) is 23.8. The Morgan fingerprint density at radius 1 is 1.16 bits per heavy atom. The summed E-state index contributed by atoms with van der Waals surface area (Å²) in [5, 5.41) is 13.1. The predicted octanol–water partition coefficient (Wildman–Crippen LogP) is 3.27. The van der Waals surface area contributed by atoms with E-state index in [0.29, 0.717) is 56.9 Å². The Morgan fingerprint density at radius 2 is 1.95 bits per heavy atom. The van der Waals surface area contributed by atoms with Crippen LogP contribution in [-0.2, 0) is 23.9 Å². The Labute approximate surface area is 219 Å². The number of methoxy groups -OCH3 is 1. The number of halogens is 3. The second-order valence-electron chi connectivity index (χ2n) is 10.4. The highest BCUT2D eigenvalue weighted by Gasteiger charge is 2.37. The molecule has 1 atom stereocenters. The molecule has 9 nitrogen and oxygen atoms in total. The molecule has 38 heavy (non-hydrogen) atoms. The van der Waals surface area contributed by atoms with Crippen LogP contribution in [0, 0.1) is 11.8 Å². The van der Waals surface area contributed by atoms with E-state index in [9.17, 15) is 23.1 Å². The zero-order valence-corrected chi connectivity index (χ0v) is 21.4. The van der Waals surface area contributed by atoms with Crippen molar-refractivity contribution in [3.05, 3.63) is 35.4 Å². The number of ether oxygens (including phenoxy) is 1. The monoisotopic (exact) mass is 534 g/mol. The van der Waals surface area contributed by atoms with Crippen molar-refractivity contribution in [3.8, 4) is 5.88 Å². The van der Waals surface area contributed by atoms with Crippen LogP contribution >= 0.6 is 0 Å². The van der Waals surface area contributed by atoms with Crippen LogP contribution in [-0.4, -0.2) is 70.3 Å². The molecule has 2 N–H and O–H groups in total. The van der Waals surface area contributed by atoms with Gasteiger partial charge in [-0.1, -0.05) is 0 Å². The molecule has 1 saturated carbocycles. The van der Waals surface area contributed by atoms with Crippen LogP contribution in [0.15, 0.2) is 18.6 Å². The number of hydrogen-bond donors (Lipinski definition) is 2. The number of aliphatic hydroxyl groups excluding tert-OH is 1. The van der Waals surface area contributed by atoms with Crippen molar-refractivity contribution in [2.24, 2.45) is 11.8 Å². The molecule has 2 aromatic heterocycles. The van der Waals surface area contributed by atoms with Gasteiger partial charge in [-0.05, 0) is 44.1 Å². The lowest BCUT2D eigenvalue weighted by Crippen LogP contribution is -2.37. The van der Waals surface area contributed by atoms with Crippen LogP contribution < -0.4 is 15.0 Å². The van der Waals surface area contributed by atoms with Gasteiger partial charge in [0.05, 0.1) is 30.8 Å². The van der Waals surface area contributed by atoms with E-state index >= 15 is 0 Å². The summed E-state index contributed by atoms with van der Waals surface area (Å²) < 4.78 is 45.4. The molecule has 0 bridgehead atoms. The lowest BCUT2D eigenvalue weighted by atomic mass is 9.86. The molecule has 5 rings (SSSR count). The highest BCUT2D eigenvalue weighted by molar-refractivity contribution is 5.79. The predicted molar refractivity (Wildman–Crippen MR) is 134 cm³/mol. The number of alkyl halides is 3. The molecule has 2 fully saturated rings. The molecular formula is C26H33F3N6O3. The number of nitrogens with one attached hydrogen (secondary N) is 1. The average molecular weight is 535 g/mol. The molecule has 2 aromatic rings. The van der Waals surface area contributed by atoms with Crippen molar-refractivity contribution in [3.63, 3.8) is 0 Å². The Morgan fingerprint density at radius 3 is 2.68 bits per heavy atom. The number of carbonyl (C=O) groups is 1. The summed E-state index contributed by atoms with van der Waals surface area (Å²) in [5.74, 6) is 0.701. The number of aliphatic hydroxyl groups is 1. The molecule has 1 aliphatic carbocycles. The van der Waals surface area contributed by atoms with Gasteiger partial charge in [-0.2, -0.15) is 13.2 Å². The van der Waals surface area contributed by atoms with Gasteiger partial charge in [0, 0.05) is 50.6 Å². The fraction of sp³-hybridized carbons (Fsp3) is 0.615. The molecule has 0 aromatic carbocycles. The minimum atomic E-state index is -4.58. The lowest BCUT2D eigenvalue weighted by molar-refractivity contribution is -0.139. The van der Waals surface area contributed by atoms with Gasteiger partial charge in [-0.15, -0.1) is 0 Å². The van der Waals surface area contributed by atoms with Crippen LogP contribution in [0.4, 0.5) is 24.7 Å². The summed E-state index contributed by atoms with van der Waals surface area (Å²) in [7, 11) is 1.17. The smallest absolute Gasteiger partial charge is 0.421 e. The second kappa shape index (κ2) is 10.9. The number of nitrogens with zero attached hydrogens (tertiary/aromatic N) is 5. The molecule has 206 valence electrons. The zero-order valence-electron chi connectivity index (χ0n) is 21.4. The zero-order chi connectivity index (χ0) is 26.9. The van der Waals surface area contributed by atoms with Crippen molar-refractivity contribution in [1.82, 2.24) is 19.9 Å². The van der Waals surface area contributed by atoms with Gasteiger partial charge in [0.15, 0.2) is 0 Å². The maximum atomic E-state index is 13.5. The Kier molecular flexibility index (Phi) is 7.60. The highest BCUT2D eigenvalue weighted by Crippen LogP contribution is 2.38. The van der Waals surface area contributed by atoms with E-state index < -0.39 is 17.6 Å². The van der Waals surface area contributed by atoms with Gasteiger partial charge >= 0.3 is 6.18 Å². The molecule has 12 heteroatoms. The molecule has 3 aliphatic rings. The number of pyridine rings is 1. The SMILES string of the molecule is COc1ncc(N2CCc3ncnc(NCC4CCN(C(=O)C5CCC(O)CC5)C4)c3C2)cc1C(F)(F)F. The minimum Gasteiger partial charge on any atom is -0.481 e. The Balaban J connectivity index is 1.23. The molecule has 2 aliphatic heterocycles. The summed E-state index contributed by atoms with van der Waals surface area (Å²) in [4.78, 5) is 29.4. The summed E-state index contributed by atoms with van der Waals surface area (Å²) in [5.41, 5.74) is 1.18. The van der Waals surface area contributed by atoms with Crippen molar-refractivity contribution < 1.29 is 27.8 Å². The van der Waals surface area contributed by atoms with Crippen LogP contribution in [0.1, 0.15) is 48.9 Å². The largest absolute Gasteiger partial charge is 0.481 e. The maximum absolute atomic E-state index is 13.5. The first-order valence-corrected chi connectivity index (χ1v) is 13.1. The van der Waals surface area contributed by atoms with Crippen LogP contribution in [0.25, 0.3) is 0 Å². The third-order valence-electron chi connectivity index (χ3n) is 7.90. The number of carbonyl (C=O) groups excluding carboxylic acids is 1. The molecule has 1 amide bonds. The standard InChI is InChI=1S/C26H33F3N6O3/c1-38-24-21(26(27,28)29)10-18(12-31-24)34-9-7-22-20(14-34)23(33-15-32-22)30-11-16-6-8-35(13-16)25(37)17-2-4-19(36)5-3-17/h10,12,15-17,19,36H,2-9,11,13-14H2,1H3,(H,30,32,33). The third-order valence-corrected chi connectivity index (χ3v) is 7.90. The second-order valence-corrected chi connectivity index (χ2v) is 10.4. The van der Waals surface area contributed by atoms with Gasteiger partial charge in [0.1, 0.15) is 17.7 Å². The van der Waals surface area contributed by atoms with Crippen molar-refractivity contribution in [2.45, 2.75) is 57.3 Å². The number of hydrogen-bond acceptors (Lipinski definition) is 8. The molecule has 0 radical (unpaired) electrons. The fourth-order valence-corrected chi connectivity index (χ4v) is 5.72. The first-order chi connectivity index (χ1) is 18.2. The number of amides is 1. The van der Waals surface area contributed by atoms with Crippen molar-refractivity contribution in [1.29, 1.82) is 0 Å². The Bertz CT molecular complexity index is 1160. The molecule has 4 heterocycles. The number of anilines is 2. The van der Waals surface area contributed by atoms with E-state index in [4.69, 9.17) is 4.74 Å². The van der Waals surface area contributed by atoms with E-state index in [0.717, 1.165) is 43.1 Å². The molecule has 1 unspecified atom stereocenters. The van der Waals surface area contributed by atoms with Gasteiger partial charge in [0.25, 0.3) is 0 Å². The summed E-state index contributed by atoms with van der Waals surface area (Å²) >= 11 is 0. The molecular weight excluding hydrogens is 501 g/mol.